The van der Waals surface area contributed by atoms with Crippen LogP contribution in [0, 0.1) is 6.33 Å². The Kier molecular flexibility index (Phi) is 2.07. The molecule has 0 saturated carbocycles. The Bertz CT molecular complexity index is 165. The molecular formula is C7H9N2. The predicted octanol–water partition coefficient (Wildman–Crippen LogP) is 1.26. The van der Waals surface area contributed by atoms with E-state index in [9.17, 15) is 0 Å². The zero-order valence-corrected chi connectivity index (χ0v) is 5.25. The summed E-state index contributed by atoms with van der Waals surface area (Å²) in [6.07, 6.45) is 9.27. The first-order chi connectivity index (χ1) is 4.43. The van der Waals surface area contributed by atoms with Gasteiger partial charge in [-0.3, -0.25) is 0 Å². The Morgan fingerprint density at radius 3 is 3.22 bits per heavy atom. The van der Waals surface area contributed by atoms with E-state index in [0.29, 0.717) is 0 Å². The molecule has 1 aromatic heterocycles. The summed E-state index contributed by atoms with van der Waals surface area (Å²) in [5.74, 6) is 0. The second-order valence-electron chi connectivity index (χ2n) is 1.80. The Labute approximate surface area is 54.8 Å². The van der Waals surface area contributed by atoms with E-state index in [2.05, 4.69) is 17.9 Å². The number of imidazole rings is 1. The van der Waals surface area contributed by atoms with E-state index in [1.807, 2.05) is 16.8 Å². The Morgan fingerprint density at radius 1 is 1.78 bits per heavy atom. The third kappa shape index (κ3) is 1.72. The Morgan fingerprint density at radius 2 is 2.67 bits per heavy atom. The van der Waals surface area contributed by atoms with Crippen LogP contribution >= 0.6 is 0 Å². The van der Waals surface area contributed by atoms with Crippen molar-refractivity contribution in [3.05, 3.63) is 31.4 Å². The molecule has 0 spiro atoms. The first-order valence-corrected chi connectivity index (χ1v) is 2.93. The van der Waals surface area contributed by atoms with Crippen LogP contribution in [0.2, 0.25) is 0 Å². The van der Waals surface area contributed by atoms with Gasteiger partial charge in [0, 0.05) is 18.9 Å². The quantitative estimate of drug-likeness (QED) is 0.550. The van der Waals surface area contributed by atoms with Gasteiger partial charge in [0.05, 0.1) is 0 Å². The van der Waals surface area contributed by atoms with Crippen molar-refractivity contribution in [2.75, 3.05) is 0 Å². The maximum Gasteiger partial charge on any atom is 0.176 e. The van der Waals surface area contributed by atoms with Crippen molar-refractivity contribution in [2.24, 2.45) is 0 Å². The average molecular weight is 121 g/mol. The van der Waals surface area contributed by atoms with E-state index < -0.39 is 0 Å². The summed E-state index contributed by atoms with van der Waals surface area (Å²) in [5.41, 5.74) is 0. The molecule has 0 bridgehead atoms. The fourth-order valence-corrected chi connectivity index (χ4v) is 0.610. The molecule has 0 aromatic carbocycles. The predicted molar refractivity (Wildman–Crippen MR) is 35.9 cm³/mol. The van der Waals surface area contributed by atoms with Crippen molar-refractivity contribution in [2.45, 2.75) is 13.0 Å². The van der Waals surface area contributed by atoms with Gasteiger partial charge in [-0.05, 0) is 6.42 Å². The summed E-state index contributed by atoms with van der Waals surface area (Å²) in [4.78, 5) is 3.78. The first-order valence-electron chi connectivity index (χ1n) is 2.93. The van der Waals surface area contributed by atoms with Gasteiger partial charge in [0.25, 0.3) is 0 Å². The molecule has 0 amide bonds. The second-order valence-corrected chi connectivity index (χ2v) is 1.80. The van der Waals surface area contributed by atoms with Crippen LogP contribution in [0.4, 0.5) is 0 Å². The molecule has 0 aliphatic rings. The van der Waals surface area contributed by atoms with Crippen LogP contribution in [0.3, 0.4) is 0 Å². The molecule has 0 aliphatic heterocycles. The molecule has 2 heteroatoms. The van der Waals surface area contributed by atoms with Gasteiger partial charge in [0.1, 0.15) is 0 Å². The third-order valence-electron chi connectivity index (χ3n) is 1.08. The van der Waals surface area contributed by atoms with Crippen LogP contribution in [0.25, 0.3) is 0 Å². The number of rotatable bonds is 3. The van der Waals surface area contributed by atoms with E-state index in [-0.39, 0.29) is 0 Å². The van der Waals surface area contributed by atoms with Gasteiger partial charge < -0.3 is 4.57 Å². The highest BCUT2D eigenvalue weighted by molar-refractivity contribution is 4.74. The normalized spacial score (nSPS) is 9.33. The number of hydrogen-bond acceptors (Lipinski definition) is 1. The lowest BCUT2D eigenvalue weighted by Crippen LogP contribution is -1.91. The molecular weight excluding hydrogens is 112 g/mol. The monoisotopic (exact) mass is 121 g/mol. The highest BCUT2D eigenvalue weighted by Gasteiger charge is 1.84. The summed E-state index contributed by atoms with van der Waals surface area (Å²) in [5, 5.41) is 0. The van der Waals surface area contributed by atoms with E-state index in [4.69, 9.17) is 0 Å². The topological polar surface area (TPSA) is 17.8 Å². The summed E-state index contributed by atoms with van der Waals surface area (Å²) in [7, 11) is 0. The highest BCUT2D eigenvalue weighted by Crippen LogP contribution is 1.88. The van der Waals surface area contributed by atoms with E-state index in [1.54, 1.807) is 6.20 Å². The van der Waals surface area contributed by atoms with Crippen LogP contribution in [-0.2, 0) is 6.54 Å². The van der Waals surface area contributed by atoms with Gasteiger partial charge in [-0.15, -0.1) is 6.58 Å². The lowest BCUT2D eigenvalue weighted by atomic mass is 10.4. The van der Waals surface area contributed by atoms with Gasteiger partial charge in [-0.25, -0.2) is 4.98 Å². The third-order valence-corrected chi connectivity index (χ3v) is 1.08. The van der Waals surface area contributed by atoms with Gasteiger partial charge in [0.2, 0.25) is 0 Å². The number of nitrogens with zero attached hydrogens (tertiary/aromatic N) is 2. The van der Waals surface area contributed by atoms with Crippen molar-refractivity contribution >= 4 is 0 Å². The van der Waals surface area contributed by atoms with Crippen LogP contribution < -0.4 is 0 Å². The minimum Gasteiger partial charge on any atom is -0.328 e. The summed E-state index contributed by atoms with van der Waals surface area (Å²) in [6.45, 7) is 4.55. The lowest BCUT2D eigenvalue weighted by Gasteiger charge is -1.93. The zero-order valence-electron chi connectivity index (χ0n) is 5.25. The maximum atomic E-state index is 3.78. The standard InChI is InChI=1S/C7H9N2/c1-2-3-5-9-6-4-8-7-9/h2,4,6H,1,3,5H2. The lowest BCUT2D eigenvalue weighted by molar-refractivity contribution is 0.704. The van der Waals surface area contributed by atoms with Crippen molar-refractivity contribution in [3.63, 3.8) is 0 Å². The van der Waals surface area contributed by atoms with Crippen LogP contribution in [-0.4, -0.2) is 9.55 Å². The molecule has 47 valence electrons. The molecule has 0 unspecified atom stereocenters. The highest BCUT2D eigenvalue weighted by atomic mass is 15.0. The minimum atomic E-state index is 0.934. The van der Waals surface area contributed by atoms with Crippen molar-refractivity contribution in [1.29, 1.82) is 0 Å². The van der Waals surface area contributed by atoms with Crippen LogP contribution in [0.5, 0.6) is 0 Å². The van der Waals surface area contributed by atoms with Gasteiger partial charge in [-0.2, -0.15) is 0 Å². The fraction of sp³-hybridized carbons (Fsp3) is 0.286. The molecule has 1 aromatic rings. The molecule has 0 N–H and O–H groups in total. The SMILES string of the molecule is C=CCCn1[c]ncc1. The van der Waals surface area contributed by atoms with E-state index >= 15 is 0 Å². The van der Waals surface area contributed by atoms with E-state index in [0.717, 1.165) is 13.0 Å². The molecule has 9 heavy (non-hydrogen) atoms. The van der Waals surface area contributed by atoms with Crippen molar-refractivity contribution in [3.8, 4) is 0 Å². The number of hydrogen-bond donors (Lipinski definition) is 0. The maximum absolute atomic E-state index is 3.78. The molecule has 1 radical (unpaired) electrons. The van der Waals surface area contributed by atoms with Crippen molar-refractivity contribution < 1.29 is 0 Å². The Balaban J connectivity index is 2.38. The number of aryl methyl sites for hydroxylation is 1. The fourth-order valence-electron chi connectivity index (χ4n) is 0.610. The molecule has 1 rings (SSSR count). The molecule has 0 saturated heterocycles. The Hall–Kier alpha value is -1.05. The summed E-state index contributed by atoms with van der Waals surface area (Å²) in [6, 6.07) is 0. The zero-order chi connectivity index (χ0) is 6.53. The molecule has 0 fully saturated rings. The van der Waals surface area contributed by atoms with Gasteiger partial charge in [0.15, 0.2) is 6.33 Å². The van der Waals surface area contributed by atoms with E-state index in [1.165, 1.54) is 0 Å². The van der Waals surface area contributed by atoms with Gasteiger partial charge >= 0.3 is 0 Å². The van der Waals surface area contributed by atoms with Crippen molar-refractivity contribution in [1.82, 2.24) is 9.55 Å². The molecule has 1 heterocycles. The molecule has 0 atom stereocenters. The first kappa shape index (κ1) is 6.08. The average Bonchev–Trinajstić information content (AvgIpc) is 2.34. The van der Waals surface area contributed by atoms with Crippen LogP contribution in [0.15, 0.2) is 25.0 Å². The molecule has 0 aliphatic carbocycles. The number of allylic oxidation sites excluding steroid dienone is 1. The smallest absolute Gasteiger partial charge is 0.176 e. The second kappa shape index (κ2) is 3.07. The minimum absolute atomic E-state index is 0.934. The van der Waals surface area contributed by atoms with Crippen LogP contribution in [0.1, 0.15) is 6.42 Å². The summed E-state index contributed by atoms with van der Waals surface area (Å²) < 4.78 is 1.90. The summed E-state index contributed by atoms with van der Waals surface area (Å²) >= 11 is 0. The van der Waals surface area contributed by atoms with Gasteiger partial charge in [-0.1, -0.05) is 6.08 Å². The largest absolute Gasteiger partial charge is 0.328 e. The number of aromatic nitrogens is 2. The molecule has 2 nitrogen and oxygen atoms in total.